The van der Waals surface area contributed by atoms with Crippen molar-refractivity contribution in [3.05, 3.63) is 34.6 Å². The molecule has 1 atom stereocenters. The third-order valence-electron chi connectivity index (χ3n) is 2.83. The molecule has 4 heteroatoms. The Bertz CT molecular complexity index is 360. The van der Waals surface area contributed by atoms with E-state index in [0.29, 0.717) is 0 Å². The molecule has 1 unspecified atom stereocenters. The van der Waals surface area contributed by atoms with Gasteiger partial charge in [-0.15, -0.1) is 0 Å². The highest BCUT2D eigenvalue weighted by Gasteiger charge is 2.12. The Kier molecular flexibility index (Phi) is 7.25. The average Bonchev–Trinajstić information content (AvgIpc) is 2.37. The summed E-state index contributed by atoms with van der Waals surface area (Å²) in [5, 5.41) is 3.64. The molecule has 0 spiro atoms. The number of halogens is 2. The Balaban J connectivity index is 2.70. The number of methoxy groups -OCH3 is 1. The van der Waals surface area contributed by atoms with E-state index in [1.54, 1.807) is 19.2 Å². The van der Waals surface area contributed by atoms with Crippen molar-refractivity contribution in [3.63, 3.8) is 0 Å². The summed E-state index contributed by atoms with van der Waals surface area (Å²) in [6.45, 7) is 3.79. The fraction of sp³-hybridized carbons (Fsp3) is 0.571. The first kappa shape index (κ1) is 15.4. The number of benzene rings is 1. The molecule has 1 N–H and O–H groups in total. The molecule has 18 heavy (non-hydrogen) atoms. The maximum atomic E-state index is 13.1. The summed E-state index contributed by atoms with van der Waals surface area (Å²) in [6.07, 6.45) is 2.98. The van der Waals surface area contributed by atoms with E-state index >= 15 is 0 Å². The van der Waals surface area contributed by atoms with E-state index in [2.05, 4.69) is 12.2 Å². The highest BCUT2D eigenvalue weighted by Crippen LogP contribution is 2.24. The summed E-state index contributed by atoms with van der Waals surface area (Å²) in [4.78, 5) is 0. The predicted molar refractivity (Wildman–Crippen MR) is 73.6 cm³/mol. The van der Waals surface area contributed by atoms with Crippen LogP contribution in [0.5, 0.6) is 0 Å². The van der Waals surface area contributed by atoms with Crippen molar-refractivity contribution in [1.29, 1.82) is 0 Å². The third kappa shape index (κ3) is 4.92. The van der Waals surface area contributed by atoms with E-state index in [4.69, 9.17) is 16.3 Å². The third-order valence-corrected chi connectivity index (χ3v) is 3.12. The van der Waals surface area contributed by atoms with Gasteiger partial charge in [0.1, 0.15) is 5.82 Å². The lowest BCUT2D eigenvalue weighted by Gasteiger charge is -2.19. The van der Waals surface area contributed by atoms with Crippen LogP contribution in [0.1, 0.15) is 37.8 Å². The van der Waals surface area contributed by atoms with E-state index in [0.717, 1.165) is 38.0 Å². The van der Waals surface area contributed by atoms with Gasteiger partial charge >= 0.3 is 0 Å². The molecule has 0 heterocycles. The van der Waals surface area contributed by atoms with Gasteiger partial charge in [-0.05, 0) is 43.5 Å². The van der Waals surface area contributed by atoms with Crippen LogP contribution in [0.4, 0.5) is 4.39 Å². The Hall–Kier alpha value is -0.640. The zero-order valence-electron chi connectivity index (χ0n) is 11.0. The molecule has 0 aliphatic rings. The second kappa shape index (κ2) is 8.46. The molecular formula is C14H21ClFNO. The van der Waals surface area contributed by atoms with E-state index in [1.807, 2.05) is 0 Å². The summed E-state index contributed by atoms with van der Waals surface area (Å²) in [5.74, 6) is -0.369. The van der Waals surface area contributed by atoms with Crippen molar-refractivity contribution in [2.75, 3.05) is 20.3 Å². The van der Waals surface area contributed by atoms with Gasteiger partial charge in [-0.2, -0.15) is 0 Å². The first-order chi connectivity index (χ1) is 8.69. The van der Waals surface area contributed by atoms with Crippen LogP contribution in [-0.2, 0) is 4.74 Å². The van der Waals surface area contributed by atoms with E-state index in [-0.39, 0.29) is 16.9 Å². The standard InChI is InChI=1S/C14H21ClFNO/c1-3-8-17-14(5-4-9-18-2)11-6-7-13(16)12(15)10-11/h6-7,10,14,17H,3-5,8-9H2,1-2H3. The van der Waals surface area contributed by atoms with Crippen LogP contribution in [0, 0.1) is 5.82 Å². The summed E-state index contributed by atoms with van der Waals surface area (Å²) in [5.41, 5.74) is 1.03. The minimum Gasteiger partial charge on any atom is -0.385 e. The Labute approximate surface area is 113 Å². The monoisotopic (exact) mass is 273 g/mol. The fourth-order valence-corrected chi connectivity index (χ4v) is 2.06. The van der Waals surface area contributed by atoms with Crippen molar-refractivity contribution in [3.8, 4) is 0 Å². The summed E-state index contributed by atoms with van der Waals surface area (Å²) in [7, 11) is 1.70. The highest BCUT2D eigenvalue weighted by atomic mass is 35.5. The second-order valence-corrected chi connectivity index (χ2v) is 4.72. The molecule has 0 aliphatic carbocycles. The molecule has 1 rings (SSSR count). The van der Waals surface area contributed by atoms with Gasteiger partial charge in [0.25, 0.3) is 0 Å². The molecule has 0 bridgehead atoms. The van der Waals surface area contributed by atoms with Gasteiger partial charge in [0, 0.05) is 19.8 Å². The molecule has 0 aliphatic heterocycles. The maximum Gasteiger partial charge on any atom is 0.141 e. The van der Waals surface area contributed by atoms with Gasteiger partial charge in [0.05, 0.1) is 5.02 Å². The van der Waals surface area contributed by atoms with E-state index < -0.39 is 0 Å². The molecule has 2 nitrogen and oxygen atoms in total. The quantitative estimate of drug-likeness (QED) is 0.724. The van der Waals surface area contributed by atoms with Crippen LogP contribution in [0.3, 0.4) is 0 Å². The van der Waals surface area contributed by atoms with Gasteiger partial charge in [0.2, 0.25) is 0 Å². The molecule has 0 saturated carbocycles. The minimum atomic E-state index is -0.369. The van der Waals surface area contributed by atoms with Crippen LogP contribution in [0.15, 0.2) is 18.2 Å². The first-order valence-electron chi connectivity index (χ1n) is 6.36. The van der Waals surface area contributed by atoms with Gasteiger partial charge < -0.3 is 10.1 Å². The molecule has 0 amide bonds. The number of hydrogen-bond donors (Lipinski definition) is 1. The van der Waals surface area contributed by atoms with Crippen LogP contribution < -0.4 is 5.32 Å². The topological polar surface area (TPSA) is 21.3 Å². The lowest BCUT2D eigenvalue weighted by molar-refractivity contribution is 0.188. The minimum absolute atomic E-state index is 0.183. The van der Waals surface area contributed by atoms with E-state index in [1.165, 1.54) is 6.07 Å². The summed E-state index contributed by atoms with van der Waals surface area (Å²) < 4.78 is 18.2. The van der Waals surface area contributed by atoms with Crippen LogP contribution in [0.2, 0.25) is 5.02 Å². The number of rotatable bonds is 8. The summed E-state index contributed by atoms with van der Waals surface area (Å²) >= 11 is 5.83. The molecular weight excluding hydrogens is 253 g/mol. The molecule has 102 valence electrons. The van der Waals surface area contributed by atoms with Crippen LogP contribution >= 0.6 is 11.6 Å². The zero-order chi connectivity index (χ0) is 13.4. The molecule has 0 aromatic heterocycles. The fourth-order valence-electron chi connectivity index (χ4n) is 1.87. The van der Waals surface area contributed by atoms with Crippen molar-refractivity contribution in [2.24, 2.45) is 0 Å². The molecule has 1 aromatic carbocycles. The SMILES string of the molecule is CCCNC(CCCOC)c1ccc(F)c(Cl)c1. The Morgan fingerprint density at radius 3 is 2.83 bits per heavy atom. The molecule has 0 fully saturated rings. The van der Waals surface area contributed by atoms with Gasteiger partial charge in [0.15, 0.2) is 0 Å². The summed E-state index contributed by atoms with van der Waals surface area (Å²) in [6, 6.07) is 5.13. The lowest BCUT2D eigenvalue weighted by atomic mass is 10.0. The van der Waals surface area contributed by atoms with Crippen LogP contribution in [-0.4, -0.2) is 20.3 Å². The Morgan fingerprint density at radius 1 is 1.44 bits per heavy atom. The zero-order valence-corrected chi connectivity index (χ0v) is 11.8. The molecule has 0 saturated heterocycles. The van der Waals surface area contributed by atoms with Crippen molar-refractivity contribution >= 4 is 11.6 Å². The smallest absolute Gasteiger partial charge is 0.141 e. The van der Waals surface area contributed by atoms with Crippen LogP contribution in [0.25, 0.3) is 0 Å². The lowest BCUT2D eigenvalue weighted by Crippen LogP contribution is -2.22. The average molecular weight is 274 g/mol. The number of hydrogen-bond acceptors (Lipinski definition) is 2. The first-order valence-corrected chi connectivity index (χ1v) is 6.74. The van der Waals surface area contributed by atoms with E-state index in [9.17, 15) is 4.39 Å². The molecule has 0 radical (unpaired) electrons. The molecule has 1 aromatic rings. The number of nitrogens with one attached hydrogen (secondary N) is 1. The van der Waals surface area contributed by atoms with Crippen molar-refractivity contribution < 1.29 is 9.13 Å². The second-order valence-electron chi connectivity index (χ2n) is 4.32. The van der Waals surface area contributed by atoms with Crippen molar-refractivity contribution in [1.82, 2.24) is 5.32 Å². The van der Waals surface area contributed by atoms with Crippen molar-refractivity contribution in [2.45, 2.75) is 32.2 Å². The van der Waals surface area contributed by atoms with Gasteiger partial charge in [-0.3, -0.25) is 0 Å². The maximum absolute atomic E-state index is 13.1. The van der Waals surface area contributed by atoms with Gasteiger partial charge in [-0.25, -0.2) is 4.39 Å². The predicted octanol–water partition coefficient (Wildman–Crippen LogP) is 3.95. The number of ether oxygens (including phenoxy) is 1. The Morgan fingerprint density at radius 2 is 2.22 bits per heavy atom. The normalized spacial score (nSPS) is 12.7. The highest BCUT2D eigenvalue weighted by molar-refractivity contribution is 6.30. The van der Waals surface area contributed by atoms with Gasteiger partial charge in [-0.1, -0.05) is 24.6 Å². The largest absolute Gasteiger partial charge is 0.385 e.